The molecule has 50 heavy (non-hydrogen) atoms. The zero-order valence-electron chi connectivity index (χ0n) is 32.5. The standard InChI is InChI=1S/C41H76O9/c1-5-9-13-17-21-25-29-34(42)38(46)39(47)41(49,36(44)31-27-23-19-15-11-7-3)40(48,35(43)30-26-22-18-14-10-6-2)33-50-37(45)32-28-24-20-16-12-8-4/h38-39,46-49H,5-33H2,1-4H3. The van der Waals surface area contributed by atoms with Crippen LogP contribution < -0.4 is 0 Å². The first-order valence-electron chi connectivity index (χ1n) is 20.5. The molecule has 294 valence electrons. The molecule has 4 unspecified atom stereocenters. The number of rotatable bonds is 36. The van der Waals surface area contributed by atoms with Gasteiger partial charge in [-0.1, -0.05) is 156 Å². The van der Waals surface area contributed by atoms with Crippen molar-refractivity contribution in [2.24, 2.45) is 0 Å². The normalized spacial score (nSPS) is 15.2. The monoisotopic (exact) mass is 713 g/mol. The van der Waals surface area contributed by atoms with E-state index in [2.05, 4.69) is 27.7 Å². The number of Topliss-reactive ketones (excluding diaryl/α,β-unsaturated/α-hetero) is 3. The molecule has 0 aromatic rings. The molecule has 9 heteroatoms. The highest BCUT2D eigenvalue weighted by Gasteiger charge is 2.65. The van der Waals surface area contributed by atoms with Crippen LogP contribution in [0.15, 0.2) is 0 Å². The molecule has 0 heterocycles. The number of aliphatic hydroxyl groups excluding tert-OH is 2. The first-order chi connectivity index (χ1) is 24.0. The predicted octanol–water partition coefficient (Wildman–Crippen LogP) is 8.42. The van der Waals surface area contributed by atoms with Crippen LogP contribution in [0.3, 0.4) is 0 Å². The second-order valence-electron chi connectivity index (χ2n) is 14.6. The Morgan fingerprint density at radius 2 is 0.820 bits per heavy atom. The molecule has 0 aliphatic rings. The number of aliphatic hydroxyl groups is 4. The van der Waals surface area contributed by atoms with Gasteiger partial charge < -0.3 is 25.2 Å². The Labute approximate surface area is 304 Å². The van der Waals surface area contributed by atoms with E-state index in [-0.39, 0.29) is 25.7 Å². The molecule has 0 bridgehead atoms. The summed E-state index contributed by atoms with van der Waals surface area (Å²) in [6, 6.07) is 0. The molecule has 0 spiro atoms. The Morgan fingerprint density at radius 3 is 1.24 bits per heavy atom. The largest absolute Gasteiger partial charge is 0.462 e. The SMILES string of the molecule is CCCCCCCCC(=O)OCC(O)(C(=O)CCCCCCCC)C(O)(C(=O)CCCCCCCC)C(O)C(O)C(=O)CCCCCCCC. The maximum absolute atomic E-state index is 13.9. The maximum atomic E-state index is 13.9. The van der Waals surface area contributed by atoms with Gasteiger partial charge in [0.25, 0.3) is 0 Å². The topological polar surface area (TPSA) is 158 Å². The van der Waals surface area contributed by atoms with E-state index in [1.54, 1.807) is 0 Å². The van der Waals surface area contributed by atoms with E-state index in [1.807, 2.05) is 0 Å². The summed E-state index contributed by atoms with van der Waals surface area (Å²) >= 11 is 0. The minimum absolute atomic E-state index is 0.0277. The van der Waals surface area contributed by atoms with Gasteiger partial charge in [0.15, 0.2) is 28.6 Å². The molecular formula is C41H76O9. The molecule has 0 saturated heterocycles. The van der Waals surface area contributed by atoms with Crippen molar-refractivity contribution >= 4 is 23.3 Å². The molecule has 9 nitrogen and oxygen atoms in total. The third-order valence-corrected chi connectivity index (χ3v) is 10.0. The number of ether oxygens (including phenoxy) is 1. The number of ketones is 3. The summed E-state index contributed by atoms with van der Waals surface area (Å²) in [5, 5.41) is 46.8. The van der Waals surface area contributed by atoms with E-state index in [4.69, 9.17) is 4.74 Å². The molecule has 0 amide bonds. The van der Waals surface area contributed by atoms with E-state index >= 15 is 0 Å². The van der Waals surface area contributed by atoms with Crippen LogP contribution in [0.4, 0.5) is 0 Å². The minimum Gasteiger partial charge on any atom is -0.462 e. The van der Waals surface area contributed by atoms with Gasteiger partial charge in [0.05, 0.1) is 0 Å². The van der Waals surface area contributed by atoms with E-state index in [1.165, 1.54) is 0 Å². The Balaban J connectivity index is 6.23. The molecule has 0 aromatic carbocycles. The van der Waals surface area contributed by atoms with Crippen molar-refractivity contribution in [3.63, 3.8) is 0 Å². The number of unbranched alkanes of at least 4 members (excludes halogenated alkanes) is 20. The van der Waals surface area contributed by atoms with Crippen LogP contribution in [0.5, 0.6) is 0 Å². The van der Waals surface area contributed by atoms with Crippen molar-refractivity contribution < 1.29 is 44.3 Å². The maximum Gasteiger partial charge on any atom is 0.305 e. The van der Waals surface area contributed by atoms with E-state index < -0.39 is 53.3 Å². The van der Waals surface area contributed by atoms with Gasteiger partial charge in [-0.3, -0.25) is 19.2 Å². The van der Waals surface area contributed by atoms with Gasteiger partial charge in [0, 0.05) is 25.7 Å². The number of esters is 1. The highest BCUT2D eigenvalue weighted by molar-refractivity contribution is 6.01. The van der Waals surface area contributed by atoms with Crippen molar-refractivity contribution in [1.29, 1.82) is 0 Å². The summed E-state index contributed by atoms with van der Waals surface area (Å²) in [5.74, 6) is -3.51. The third kappa shape index (κ3) is 18.7. The number of hydrogen-bond donors (Lipinski definition) is 4. The van der Waals surface area contributed by atoms with Crippen LogP contribution in [0.25, 0.3) is 0 Å². The minimum atomic E-state index is -3.27. The van der Waals surface area contributed by atoms with Gasteiger partial charge in [-0.25, -0.2) is 0 Å². The Bertz CT molecular complexity index is 906. The van der Waals surface area contributed by atoms with Crippen LogP contribution in [-0.2, 0) is 23.9 Å². The fourth-order valence-electron chi connectivity index (χ4n) is 6.51. The number of hydrogen-bond acceptors (Lipinski definition) is 9. The number of carbonyl (C=O) groups is 4. The summed E-state index contributed by atoms with van der Waals surface area (Å²) in [7, 11) is 0. The van der Waals surface area contributed by atoms with Gasteiger partial charge >= 0.3 is 5.97 Å². The zero-order chi connectivity index (χ0) is 37.7. The molecule has 0 rings (SSSR count). The summed E-state index contributed by atoms with van der Waals surface area (Å²) in [5.41, 5.74) is -6.33. The molecule has 4 atom stereocenters. The fourth-order valence-corrected chi connectivity index (χ4v) is 6.51. The van der Waals surface area contributed by atoms with Crippen molar-refractivity contribution in [2.75, 3.05) is 6.61 Å². The van der Waals surface area contributed by atoms with Crippen LogP contribution in [0.1, 0.15) is 207 Å². The lowest BCUT2D eigenvalue weighted by atomic mass is 9.69. The molecule has 0 saturated carbocycles. The highest BCUT2D eigenvalue weighted by atomic mass is 16.5. The zero-order valence-corrected chi connectivity index (χ0v) is 32.5. The van der Waals surface area contributed by atoms with E-state index in [9.17, 15) is 39.6 Å². The van der Waals surface area contributed by atoms with Crippen LogP contribution in [0.2, 0.25) is 0 Å². The average Bonchev–Trinajstić information content (AvgIpc) is 3.11. The second-order valence-corrected chi connectivity index (χ2v) is 14.6. The van der Waals surface area contributed by atoms with E-state index in [0.29, 0.717) is 38.5 Å². The van der Waals surface area contributed by atoms with E-state index in [0.717, 1.165) is 116 Å². The molecule has 0 aliphatic carbocycles. The summed E-state index contributed by atoms with van der Waals surface area (Å²) in [6.45, 7) is 7.34. The van der Waals surface area contributed by atoms with Gasteiger partial charge in [0.1, 0.15) is 18.8 Å². The Morgan fingerprint density at radius 1 is 0.480 bits per heavy atom. The van der Waals surface area contributed by atoms with Gasteiger partial charge in [-0.05, 0) is 25.7 Å². The fraction of sp³-hybridized carbons (Fsp3) is 0.902. The Hall–Kier alpha value is -1.68. The van der Waals surface area contributed by atoms with Crippen molar-refractivity contribution in [3.8, 4) is 0 Å². The molecule has 0 radical (unpaired) electrons. The van der Waals surface area contributed by atoms with Crippen LogP contribution in [0, 0.1) is 0 Å². The van der Waals surface area contributed by atoms with Crippen molar-refractivity contribution in [2.45, 2.75) is 231 Å². The number of carbonyl (C=O) groups excluding carboxylic acids is 4. The molecule has 4 N–H and O–H groups in total. The van der Waals surface area contributed by atoms with Gasteiger partial charge in [0.2, 0.25) is 0 Å². The average molecular weight is 713 g/mol. The summed E-state index contributed by atoms with van der Waals surface area (Å²) < 4.78 is 5.38. The predicted molar refractivity (Wildman–Crippen MR) is 200 cm³/mol. The van der Waals surface area contributed by atoms with Gasteiger partial charge in [-0.2, -0.15) is 0 Å². The van der Waals surface area contributed by atoms with Crippen LogP contribution in [-0.4, -0.2) is 73.8 Å². The third-order valence-electron chi connectivity index (χ3n) is 10.0. The van der Waals surface area contributed by atoms with Gasteiger partial charge in [-0.15, -0.1) is 0 Å². The Kier molecular flexibility index (Phi) is 28.8. The van der Waals surface area contributed by atoms with Crippen molar-refractivity contribution in [3.05, 3.63) is 0 Å². The first kappa shape index (κ1) is 48.3. The lowest BCUT2D eigenvalue weighted by Gasteiger charge is -2.44. The highest BCUT2D eigenvalue weighted by Crippen LogP contribution is 2.35. The smallest absolute Gasteiger partial charge is 0.305 e. The molecular weight excluding hydrogens is 636 g/mol. The quantitative estimate of drug-likeness (QED) is 0.0370. The van der Waals surface area contributed by atoms with Crippen LogP contribution >= 0.6 is 0 Å². The summed E-state index contributed by atoms with van der Waals surface area (Å²) in [4.78, 5) is 53.7. The molecule has 0 aromatic heterocycles. The molecule has 0 aliphatic heterocycles. The lowest BCUT2D eigenvalue weighted by Crippen LogP contribution is -2.73. The summed E-state index contributed by atoms with van der Waals surface area (Å²) in [6.07, 6.45) is 15.4. The second kappa shape index (κ2) is 29.9. The first-order valence-corrected chi connectivity index (χ1v) is 20.5. The lowest BCUT2D eigenvalue weighted by molar-refractivity contribution is -0.228. The van der Waals surface area contributed by atoms with Crippen molar-refractivity contribution in [1.82, 2.24) is 0 Å². The molecule has 0 fully saturated rings.